The van der Waals surface area contributed by atoms with Crippen LogP contribution < -0.4 is 10.9 Å². The Kier molecular flexibility index (Phi) is 7.42. The second-order valence-corrected chi connectivity index (χ2v) is 6.50. The van der Waals surface area contributed by atoms with Crippen LogP contribution in [-0.2, 0) is 9.53 Å². The lowest BCUT2D eigenvalue weighted by Crippen LogP contribution is -2.53. The molecule has 0 heterocycles. The fraction of sp³-hybridized carbons (Fsp3) is 0.500. The SMILES string of the molecule is C=C(CC(NNC(C)(C)C)C(=O)OCC)C(O)c1ccccc1. The van der Waals surface area contributed by atoms with Crippen LogP contribution in [0.15, 0.2) is 42.5 Å². The zero-order chi connectivity index (χ0) is 17.5. The monoisotopic (exact) mass is 320 g/mol. The first-order valence-corrected chi connectivity index (χ1v) is 7.84. The smallest absolute Gasteiger partial charge is 0.324 e. The largest absolute Gasteiger partial charge is 0.465 e. The molecule has 0 aliphatic heterocycles. The predicted molar refractivity (Wildman–Crippen MR) is 91.6 cm³/mol. The lowest BCUT2D eigenvalue weighted by atomic mass is 9.97. The van der Waals surface area contributed by atoms with Gasteiger partial charge in [-0.05, 0) is 45.3 Å². The van der Waals surface area contributed by atoms with Crippen LogP contribution in [0, 0.1) is 0 Å². The number of aliphatic hydroxyl groups is 1. The van der Waals surface area contributed by atoms with Crippen molar-refractivity contribution in [3.63, 3.8) is 0 Å². The Balaban J connectivity index is 2.74. The van der Waals surface area contributed by atoms with Crippen molar-refractivity contribution in [2.75, 3.05) is 6.61 Å². The first kappa shape index (κ1) is 19.4. The molecule has 0 spiro atoms. The molecule has 1 aromatic rings. The Morgan fingerprint density at radius 1 is 1.30 bits per heavy atom. The Labute approximate surface area is 138 Å². The number of carbonyl (C=O) groups excluding carboxylic acids is 1. The van der Waals surface area contributed by atoms with Gasteiger partial charge in [0.2, 0.25) is 0 Å². The van der Waals surface area contributed by atoms with E-state index in [1.807, 2.05) is 51.1 Å². The molecule has 0 aliphatic rings. The zero-order valence-electron chi connectivity index (χ0n) is 14.4. The number of benzene rings is 1. The Morgan fingerprint density at radius 2 is 1.91 bits per heavy atom. The highest BCUT2D eigenvalue weighted by Crippen LogP contribution is 2.23. The molecule has 5 nitrogen and oxygen atoms in total. The topological polar surface area (TPSA) is 70.6 Å². The molecule has 1 aromatic carbocycles. The van der Waals surface area contributed by atoms with E-state index < -0.39 is 12.1 Å². The molecule has 3 N–H and O–H groups in total. The van der Waals surface area contributed by atoms with E-state index in [9.17, 15) is 9.90 Å². The normalized spacial score (nSPS) is 14.1. The average Bonchev–Trinajstić information content (AvgIpc) is 2.50. The summed E-state index contributed by atoms with van der Waals surface area (Å²) in [6, 6.07) is 8.64. The van der Waals surface area contributed by atoms with Crippen molar-refractivity contribution < 1.29 is 14.6 Å². The quantitative estimate of drug-likeness (QED) is 0.390. The van der Waals surface area contributed by atoms with E-state index in [2.05, 4.69) is 17.4 Å². The predicted octanol–water partition coefficient (Wildman–Crippen LogP) is 2.49. The third kappa shape index (κ3) is 6.95. The summed E-state index contributed by atoms with van der Waals surface area (Å²) in [6.07, 6.45) is -0.539. The van der Waals surface area contributed by atoms with Gasteiger partial charge in [-0.2, -0.15) is 0 Å². The highest BCUT2D eigenvalue weighted by Gasteiger charge is 2.25. The highest BCUT2D eigenvalue weighted by atomic mass is 16.5. The average molecular weight is 320 g/mol. The van der Waals surface area contributed by atoms with Gasteiger partial charge >= 0.3 is 5.97 Å². The van der Waals surface area contributed by atoms with E-state index in [0.717, 1.165) is 5.56 Å². The van der Waals surface area contributed by atoms with Crippen LogP contribution >= 0.6 is 0 Å². The third-order valence-electron chi connectivity index (χ3n) is 3.16. The van der Waals surface area contributed by atoms with E-state index >= 15 is 0 Å². The molecule has 0 aromatic heterocycles. The lowest BCUT2D eigenvalue weighted by Gasteiger charge is -2.27. The maximum Gasteiger partial charge on any atom is 0.324 e. The molecule has 0 saturated heterocycles. The molecule has 1 rings (SSSR count). The number of ether oxygens (including phenoxy) is 1. The van der Waals surface area contributed by atoms with Gasteiger partial charge in [-0.15, -0.1) is 0 Å². The fourth-order valence-electron chi connectivity index (χ4n) is 1.98. The van der Waals surface area contributed by atoms with Gasteiger partial charge in [0.15, 0.2) is 0 Å². The van der Waals surface area contributed by atoms with Crippen molar-refractivity contribution in [3.8, 4) is 0 Å². The number of carbonyl (C=O) groups is 1. The lowest BCUT2D eigenvalue weighted by molar-refractivity contribution is -0.146. The van der Waals surface area contributed by atoms with Crippen molar-refractivity contribution in [3.05, 3.63) is 48.0 Å². The summed E-state index contributed by atoms with van der Waals surface area (Å²) in [6.45, 7) is 11.9. The van der Waals surface area contributed by atoms with Gasteiger partial charge in [-0.25, -0.2) is 5.43 Å². The van der Waals surface area contributed by atoms with Crippen LogP contribution in [0.2, 0.25) is 0 Å². The number of hydrogen-bond acceptors (Lipinski definition) is 5. The van der Waals surface area contributed by atoms with E-state index in [-0.39, 0.29) is 17.9 Å². The summed E-state index contributed by atoms with van der Waals surface area (Å²) < 4.78 is 5.09. The molecule has 0 saturated carbocycles. The van der Waals surface area contributed by atoms with Crippen molar-refractivity contribution >= 4 is 5.97 Å². The Hall–Kier alpha value is -1.69. The van der Waals surface area contributed by atoms with Crippen molar-refractivity contribution in [2.45, 2.75) is 51.8 Å². The van der Waals surface area contributed by atoms with Gasteiger partial charge in [0.25, 0.3) is 0 Å². The molecule has 0 aliphatic carbocycles. The molecule has 0 bridgehead atoms. The molecule has 0 amide bonds. The first-order chi connectivity index (χ1) is 10.7. The summed E-state index contributed by atoms with van der Waals surface area (Å²) in [5.74, 6) is -0.370. The molecule has 23 heavy (non-hydrogen) atoms. The Bertz CT molecular complexity index is 509. The van der Waals surface area contributed by atoms with E-state index in [0.29, 0.717) is 12.2 Å². The van der Waals surface area contributed by atoms with Gasteiger partial charge in [0.1, 0.15) is 6.04 Å². The van der Waals surface area contributed by atoms with E-state index in [1.54, 1.807) is 6.92 Å². The first-order valence-electron chi connectivity index (χ1n) is 7.84. The standard InChI is InChI=1S/C18H28N2O3/c1-6-23-17(22)15(19-20-18(3,4)5)12-13(2)16(21)14-10-8-7-9-11-14/h7-11,15-16,19-21H,2,6,12H2,1,3-5H3. The Morgan fingerprint density at radius 3 is 2.43 bits per heavy atom. The molecule has 128 valence electrons. The fourth-order valence-corrected chi connectivity index (χ4v) is 1.98. The molecular formula is C18H28N2O3. The van der Waals surface area contributed by atoms with Crippen molar-refractivity contribution in [1.82, 2.24) is 10.9 Å². The van der Waals surface area contributed by atoms with Crippen molar-refractivity contribution in [2.24, 2.45) is 0 Å². The van der Waals surface area contributed by atoms with Gasteiger partial charge in [-0.3, -0.25) is 10.2 Å². The van der Waals surface area contributed by atoms with Crippen LogP contribution in [0.3, 0.4) is 0 Å². The maximum atomic E-state index is 12.1. The van der Waals surface area contributed by atoms with Crippen molar-refractivity contribution in [1.29, 1.82) is 0 Å². The summed E-state index contributed by atoms with van der Waals surface area (Å²) in [7, 11) is 0. The summed E-state index contributed by atoms with van der Waals surface area (Å²) >= 11 is 0. The van der Waals surface area contributed by atoms with E-state index in [4.69, 9.17) is 4.74 Å². The minimum Gasteiger partial charge on any atom is -0.465 e. The number of nitrogens with one attached hydrogen (secondary N) is 2. The van der Waals surface area contributed by atoms with Crippen LogP contribution in [0.4, 0.5) is 0 Å². The van der Waals surface area contributed by atoms with Gasteiger partial charge in [0, 0.05) is 5.54 Å². The minimum atomic E-state index is -0.815. The number of hydrazine groups is 1. The molecular weight excluding hydrogens is 292 g/mol. The number of esters is 1. The third-order valence-corrected chi connectivity index (χ3v) is 3.16. The molecule has 2 unspecified atom stereocenters. The molecule has 5 heteroatoms. The maximum absolute atomic E-state index is 12.1. The number of rotatable bonds is 8. The van der Waals surface area contributed by atoms with Gasteiger partial charge < -0.3 is 9.84 Å². The van der Waals surface area contributed by atoms with Crippen LogP contribution in [0.5, 0.6) is 0 Å². The molecule has 2 atom stereocenters. The minimum absolute atomic E-state index is 0.204. The van der Waals surface area contributed by atoms with Gasteiger partial charge in [-0.1, -0.05) is 36.9 Å². The second kappa shape index (κ2) is 8.82. The number of aliphatic hydroxyl groups excluding tert-OH is 1. The van der Waals surface area contributed by atoms with Crippen LogP contribution in [-0.4, -0.2) is 29.3 Å². The second-order valence-electron chi connectivity index (χ2n) is 6.50. The van der Waals surface area contributed by atoms with Crippen LogP contribution in [0.1, 0.15) is 45.8 Å². The van der Waals surface area contributed by atoms with Gasteiger partial charge in [0.05, 0.1) is 12.7 Å². The highest BCUT2D eigenvalue weighted by molar-refractivity contribution is 5.76. The van der Waals surface area contributed by atoms with Crippen LogP contribution in [0.25, 0.3) is 0 Å². The summed E-state index contributed by atoms with van der Waals surface area (Å²) in [5, 5.41) is 10.4. The number of hydrogen-bond donors (Lipinski definition) is 3. The van der Waals surface area contributed by atoms with E-state index in [1.165, 1.54) is 0 Å². The molecule has 0 fully saturated rings. The zero-order valence-corrected chi connectivity index (χ0v) is 14.4. The summed E-state index contributed by atoms with van der Waals surface area (Å²) in [5.41, 5.74) is 7.16. The molecule has 0 radical (unpaired) electrons. The summed E-state index contributed by atoms with van der Waals surface area (Å²) in [4.78, 5) is 12.1.